The van der Waals surface area contributed by atoms with Gasteiger partial charge in [0.15, 0.2) is 11.5 Å². The molecule has 5 heteroatoms. The summed E-state index contributed by atoms with van der Waals surface area (Å²) in [5.74, 6) is 2.52. The van der Waals surface area contributed by atoms with Crippen molar-refractivity contribution in [2.75, 3.05) is 13.2 Å². The SMILES string of the molecule is Brc1cc(CNCc2ccco2)cc2c1OCCO2. The van der Waals surface area contributed by atoms with Gasteiger partial charge in [0.05, 0.1) is 17.3 Å². The van der Waals surface area contributed by atoms with Crippen LogP contribution in [0.2, 0.25) is 0 Å². The van der Waals surface area contributed by atoms with Crippen LogP contribution in [0.5, 0.6) is 11.5 Å². The van der Waals surface area contributed by atoms with Gasteiger partial charge < -0.3 is 19.2 Å². The lowest BCUT2D eigenvalue weighted by molar-refractivity contribution is 0.170. The zero-order valence-electron chi connectivity index (χ0n) is 10.3. The normalized spacial score (nSPS) is 13.5. The zero-order valence-corrected chi connectivity index (χ0v) is 11.9. The fraction of sp³-hybridized carbons (Fsp3) is 0.286. The topological polar surface area (TPSA) is 43.6 Å². The molecule has 3 rings (SSSR count). The number of hydrogen-bond donors (Lipinski definition) is 1. The number of fused-ring (bicyclic) bond motifs is 1. The van der Waals surface area contributed by atoms with Crippen molar-refractivity contribution in [1.82, 2.24) is 5.32 Å². The van der Waals surface area contributed by atoms with Crippen molar-refractivity contribution in [2.45, 2.75) is 13.1 Å². The molecule has 0 radical (unpaired) electrons. The molecule has 0 fully saturated rings. The third-order valence-corrected chi connectivity index (χ3v) is 3.45. The summed E-state index contributed by atoms with van der Waals surface area (Å²) in [5, 5.41) is 3.33. The Morgan fingerprint density at radius 3 is 2.89 bits per heavy atom. The van der Waals surface area contributed by atoms with E-state index in [1.165, 1.54) is 0 Å². The summed E-state index contributed by atoms with van der Waals surface area (Å²) in [4.78, 5) is 0. The second-order valence-corrected chi connectivity index (χ2v) is 5.14. The summed E-state index contributed by atoms with van der Waals surface area (Å²) < 4.78 is 17.4. The van der Waals surface area contributed by atoms with Gasteiger partial charge in [0, 0.05) is 6.54 Å². The molecule has 0 atom stereocenters. The number of furan rings is 1. The molecule has 1 aromatic heterocycles. The Hall–Kier alpha value is -1.46. The number of ether oxygens (including phenoxy) is 2. The lowest BCUT2D eigenvalue weighted by Crippen LogP contribution is -2.17. The van der Waals surface area contributed by atoms with Crippen molar-refractivity contribution < 1.29 is 13.9 Å². The molecule has 0 saturated carbocycles. The molecule has 0 saturated heterocycles. The molecule has 4 nitrogen and oxygen atoms in total. The van der Waals surface area contributed by atoms with Crippen LogP contribution in [0.25, 0.3) is 0 Å². The highest BCUT2D eigenvalue weighted by Gasteiger charge is 2.16. The van der Waals surface area contributed by atoms with Crippen LogP contribution in [0, 0.1) is 0 Å². The summed E-state index contributed by atoms with van der Waals surface area (Å²) in [6.45, 7) is 2.65. The summed E-state index contributed by atoms with van der Waals surface area (Å²) in [7, 11) is 0. The van der Waals surface area contributed by atoms with Gasteiger partial charge in [-0.1, -0.05) is 0 Å². The van der Waals surface area contributed by atoms with Crippen molar-refractivity contribution in [2.24, 2.45) is 0 Å². The van der Waals surface area contributed by atoms with Gasteiger partial charge in [-0.25, -0.2) is 0 Å². The second kappa shape index (κ2) is 5.67. The van der Waals surface area contributed by atoms with Gasteiger partial charge in [0.25, 0.3) is 0 Å². The van der Waals surface area contributed by atoms with Crippen LogP contribution in [-0.4, -0.2) is 13.2 Å². The number of benzene rings is 1. The lowest BCUT2D eigenvalue weighted by Gasteiger charge is -2.20. The molecule has 0 unspecified atom stereocenters. The summed E-state index contributed by atoms with van der Waals surface area (Å²) in [6.07, 6.45) is 1.68. The molecule has 0 amide bonds. The molecule has 0 bridgehead atoms. The van der Waals surface area contributed by atoms with Crippen molar-refractivity contribution in [1.29, 1.82) is 0 Å². The van der Waals surface area contributed by atoms with Crippen LogP contribution >= 0.6 is 15.9 Å². The average molecular weight is 324 g/mol. The minimum atomic E-state index is 0.599. The predicted octanol–water partition coefficient (Wildman–Crippen LogP) is 3.10. The van der Waals surface area contributed by atoms with Crippen molar-refractivity contribution in [3.05, 3.63) is 46.3 Å². The van der Waals surface area contributed by atoms with Crippen LogP contribution in [0.15, 0.2) is 39.4 Å². The lowest BCUT2D eigenvalue weighted by atomic mass is 10.2. The Morgan fingerprint density at radius 2 is 2.05 bits per heavy atom. The molecule has 0 spiro atoms. The Balaban J connectivity index is 1.66. The predicted molar refractivity (Wildman–Crippen MR) is 74.4 cm³/mol. The highest BCUT2D eigenvalue weighted by atomic mass is 79.9. The van der Waals surface area contributed by atoms with E-state index in [2.05, 4.69) is 21.2 Å². The Bertz CT molecular complexity index is 554. The first kappa shape index (κ1) is 12.6. The number of nitrogens with one attached hydrogen (secondary N) is 1. The van der Waals surface area contributed by atoms with E-state index in [4.69, 9.17) is 13.9 Å². The minimum Gasteiger partial charge on any atom is -0.486 e. The fourth-order valence-corrected chi connectivity index (χ4v) is 2.61. The maximum absolute atomic E-state index is 5.60. The van der Waals surface area contributed by atoms with E-state index in [1.807, 2.05) is 24.3 Å². The summed E-state index contributed by atoms with van der Waals surface area (Å²) in [6, 6.07) is 7.89. The van der Waals surface area contributed by atoms with Crippen molar-refractivity contribution in [3.8, 4) is 11.5 Å². The molecule has 1 aromatic carbocycles. The van der Waals surface area contributed by atoms with Crippen LogP contribution in [0.1, 0.15) is 11.3 Å². The first-order valence-corrected chi connectivity index (χ1v) is 6.93. The maximum Gasteiger partial charge on any atom is 0.175 e. The average Bonchev–Trinajstić information content (AvgIpc) is 2.92. The molecule has 100 valence electrons. The third kappa shape index (κ3) is 2.93. The van der Waals surface area contributed by atoms with Crippen LogP contribution < -0.4 is 14.8 Å². The van der Waals surface area contributed by atoms with E-state index in [9.17, 15) is 0 Å². The van der Waals surface area contributed by atoms with Gasteiger partial charge >= 0.3 is 0 Å². The number of halogens is 1. The molecule has 1 N–H and O–H groups in total. The molecule has 0 aliphatic carbocycles. The van der Waals surface area contributed by atoms with Gasteiger partial charge in [-0.2, -0.15) is 0 Å². The van der Waals surface area contributed by atoms with E-state index in [0.717, 1.165) is 33.8 Å². The Morgan fingerprint density at radius 1 is 1.16 bits per heavy atom. The smallest absolute Gasteiger partial charge is 0.175 e. The maximum atomic E-state index is 5.60. The largest absolute Gasteiger partial charge is 0.486 e. The molecular weight excluding hydrogens is 310 g/mol. The molecular formula is C14H14BrNO3. The second-order valence-electron chi connectivity index (χ2n) is 4.28. The zero-order chi connectivity index (χ0) is 13.1. The Kier molecular flexibility index (Phi) is 3.75. The van der Waals surface area contributed by atoms with Gasteiger partial charge in [0.1, 0.15) is 19.0 Å². The summed E-state index contributed by atoms with van der Waals surface area (Å²) >= 11 is 3.51. The first-order valence-electron chi connectivity index (χ1n) is 6.14. The highest BCUT2D eigenvalue weighted by Crippen LogP contribution is 2.38. The monoisotopic (exact) mass is 323 g/mol. The number of hydrogen-bond acceptors (Lipinski definition) is 4. The molecule has 1 aliphatic rings. The molecule has 1 aliphatic heterocycles. The first-order chi connectivity index (χ1) is 9.33. The van der Waals surface area contributed by atoms with Crippen LogP contribution in [-0.2, 0) is 13.1 Å². The molecule has 2 heterocycles. The standard InChI is InChI=1S/C14H14BrNO3/c15-12-6-10(7-13-14(12)19-5-4-18-13)8-16-9-11-2-1-3-17-11/h1-3,6-7,16H,4-5,8-9H2. The molecule has 19 heavy (non-hydrogen) atoms. The molecule has 2 aromatic rings. The third-order valence-electron chi connectivity index (χ3n) is 2.87. The van der Waals surface area contributed by atoms with Gasteiger partial charge in [-0.05, 0) is 45.8 Å². The van der Waals surface area contributed by atoms with Gasteiger partial charge in [-0.15, -0.1) is 0 Å². The van der Waals surface area contributed by atoms with E-state index in [1.54, 1.807) is 6.26 Å². The van der Waals surface area contributed by atoms with Crippen LogP contribution in [0.4, 0.5) is 0 Å². The fourth-order valence-electron chi connectivity index (χ4n) is 2.01. The number of rotatable bonds is 4. The summed E-state index contributed by atoms with van der Waals surface area (Å²) in [5.41, 5.74) is 1.14. The van der Waals surface area contributed by atoms with Crippen molar-refractivity contribution >= 4 is 15.9 Å². The highest BCUT2D eigenvalue weighted by molar-refractivity contribution is 9.10. The van der Waals surface area contributed by atoms with E-state index >= 15 is 0 Å². The van der Waals surface area contributed by atoms with Crippen molar-refractivity contribution in [3.63, 3.8) is 0 Å². The van der Waals surface area contributed by atoms with E-state index in [-0.39, 0.29) is 0 Å². The van der Waals surface area contributed by atoms with E-state index in [0.29, 0.717) is 19.8 Å². The quantitative estimate of drug-likeness (QED) is 0.939. The Labute approximate surface area is 119 Å². The van der Waals surface area contributed by atoms with Gasteiger partial charge in [0.2, 0.25) is 0 Å². The minimum absolute atomic E-state index is 0.599. The van der Waals surface area contributed by atoms with E-state index < -0.39 is 0 Å². The van der Waals surface area contributed by atoms with Crippen LogP contribution in [0.3, 0.4) is 0 Å². The van der Waals surface area contributed by atoms with Gasteiger partial charge in [-0.3, -0.25) is 0 Å².